The van der Waals surface area contributed by atoms with Crippen LogP contribution in [-0.4, -0.2) is 18.0 Å². The van der Waals surface area contributed by atoms with Crippen LogP contribution in [0.25, 0.3) is 10.2 Å². The SMILES string of the molecule is COc1ccc(C2NC(=O)c3c(ccc4nc(N)sc34)O2)cc1. The average molecular weight is 327 g/mol. The molecule has 1 aliphatic heterocycles. The third-order valence-corrected chi connectivity index (χ3v) is 4.61. The van der Waals surface area contributed by atoms with Crippen molar-refractivity contribution in [3.05, 3.63) is 47.5 Å². The Balaban J connectivity index is 1.74. The van der Waals surface area contributed by atoms with E-state index in [2.05, 4.69) is 10.3 Å². The normalized spacial score (nSPS) is 16.6. The van der Waals surface area contributed by atoms with E-state index in [9.17, 15) is 4.79 Å². The van der Waals surface area contributed by atoms with Crippen LogP contribution < -0.4 is 20.5 Å². The van der Waals surface area contributed by atoms with Crippen molar-refractivity contribution in [3.8, 4) is 11.5 Å². The molecule has 23 heavy (non-hydrogen) atoms. The first-order chi connectivity index (χ1) is 11.2. The number of aromatic nitrogens is 1. The van der Waals surface area contributed by atoms with Crippen LogP contribution in [0.4, 0.5) is 5.13 Å². The second kappa shape index (κ2) is 5.13. The fraction of sp³-hybridized carbons (Fsp3) is 0.125. The van der Waals surface area contributed by atoms with Crippen molar-refractivity contribution in [2.24, 2.45) is 0 Å². The van der Waals surface area contributed by atoms with Gasteiger partial charge in [-0.3, -0.25) is 4.79 Å². The lowest BCUT2D eigenvalue weighted by atomic mass is 10.1. The van der Waals surface area contributed by atoms with Crippen LogP contribution >= 0.6 is 11.3 Å². The second-order valence-electron chi connectivity index (χ2n) is 5.08. The number of methoxy groups -OCH3 is 1. The summed E-state index contributed by atoms with van der Waals surface area (Å²) in [5, 5.41) is 3.29. The average Bonchev–Trinajstić information content (AvgIpc) is 2.94. The number of nitrogen functional groups attached to an aromatic ring is 1. The molecular weight excluding hydrogens is 314 g/mol. The van der Waals surface area contributed by atoms with Gasteiger partial charge < -0.3 is 20.5 Å². The molecule has 3 N–H and O–H groups in total. The minimum absolute atomic E-state index is 0.193. The number of carbonyl (C=O) groups is 1. The Morgan fingerprint density at radius 3 is 2.78 bits per heavy atom. The highest BCUT2D eigenvalue weighted by Crippen LogP contribution is 2.37. The Bertz CT molecular complexity index is 905. The summed E-state index contributed by atoms with van der Waals surface area (Å²) in [6, 6.07) is 10.9. The maximum atomic E-state index is 12.5. The van der Waals surface area contributed by atoms with Crippen molar-refractivity contribution in [1.29, 1.82) is 0 Å². The van der Waals surface area contributed by atoms with Crippen molar-refractivity contribution in [1.82, 2.24) is 10.3 Å². The number of ether oxygens (including phenoxy) is 2. The quantitative estimate of drug-likeness (QED) is 0.756. The van der Waals surface area contributed by atoms with E-state index in [1.54, 1.807) is 13.2 Å². The summed E-state index contributed by atoms with van der Waals surface area (Å²) in [4.78, 5) is 16.7. The third-order valence-electron chi connectivity index (χ3n) is 3.69. The van der Waals surface area contributed by atoms with Crippen LogP contribution in [0.3, 0.4) is 0 Å². The lowest BCUT2D eigenvalue weighted by Gasteiger charge is -2.27. The number of amides is 1. The molecule has 0 spiro atoms. The highest BCUT2D eigenvalue weighted by atomic mass is 32.1. The zero-order chi connectivity index (χ0) is 16.0. The molecular formula is C16H13N3O3S. The van der Waals surface area contributed by atoms with Gasteiger partial charge in [-0.2, -0.15) is 0 Å². The molecule has 1 amide bonds. The molecule has 2 aromatic carbocycles. The van der Waals surface area contributed by atoms with E-state index < -0.39 is 6.23 Å². The standard InChI is InChI=1S/C16H13N3O3S/c1-21-9-4-2-8(3-5-9)15-19-14(20)12-11(22-15)7-6-10-13(12)23-16(17)18-10/h2-7,15H,1H3,(H2,17,18)(H,19,20). The highest BCUT2D eigenvalue weighted by Gasteiger charge is 2.29. The predicted octanol–water partition coefficient (Wildman–Crippen LogP) is 2.71. The van der Waals surface area contributed by atoms with Crippen molar-refractivity contribution in [2.45, 2.75) is 6.23 Å². The van der Waals surface area contributed by atoms with Crippen LogP contribution in [-0.2, 0) is 0 Å². The fourth-order valence-corrected chi connectivity index (χ4v) is 3.45. The topological polar surface area (TPSA) is 86.5 Å². The van der Waals surface area contributed by atoms with E-state index in [1.807, 2.05) is 30.3 Å². The number of hydrogen-bond donors (Lipinski definition) is 2. The molecule has 1 atom stereocenters. The molecule has 1 unspecified atom stereocenters. The first-order valence-corrected chi connectivity index (χ1v) is 7.78. The highest BCUT2D eigenvalue weighted by molar-refractivity contribution is 7.22. The van der Waals surface area contributed by atoms with Crippen LogP contribution in [0.15, 0.2) is 36.4 Å². The zero-order valence-corrected chi connectivity index (χ0v) is 13.0. The van der Waals surface area contributed by atoms with Gasteiger partial charge in [0.15, 0.2) is 11.4 Å². The van der Waals surface area contributed by atoms with E-state index in [0.29, 0.717) is 22.0 Å². The maximum absolute atomic E-state index is 12.5. The van der Waals surface area contributed by atoms with Crippen LogP contribution in [0, 0.1) is 0 Å². The van der Waals surface area contributed by atoms with Crippen molar-refractivity contribution < 1.29 is 14.3 Å². The lowest BCUT2D eigenvalue weighted by Crippen LogP contribution is -2.36. The van der Waals surface area contributed by atoms with Gasteiger partial charge in [0, 0.05) is 5.56 Å². The van der Waals surface area contributed by atoms with Crippen LogP contribution in [0.1, 0.15) is 22.1 Å². The number of benzene rings is 2. The van der Waals surface area contributed by atoms with Gasteiger partial charge in [-0.15, -0.1) is 0 Å². The minimum Gasteiger partial charge on any atom is -0.497 e. The molecule has 1 aliphatic rings. The summed E-state index contributed by atoms with van der Waals surface area (Å²) < 4.78 is 11.8. The first kappa shape index (κ1) is 13.8. The molecule has 0 aliphatic carbocycles. The number of rotatable bonds is 2. The van der Waals surface area contributed by atoms with E-state index in [4.69, 9.17) is 15.2 Å². The van der Waals surface area contributed by atoms with E-state index in [-0.39, 0.29) is 5.91 Å². The smallest absolute Gasteiger partial charge is 0.259 e. The molecule has 3 aromatic rings. The number of nitrogens with zero attached hydrogens (tertiary/aromatic N) is 1. The summed E-state index contributed by atoms with van der Waals surface area (Å²) in [6.45, 7) is 0. The number of nitrogens with one attached hydrogen (secondary N) is 1. The third kappa shape index (κ3) is 2.25. The molecule has 2 heterocycles. The summed E-state index contributed by atoms with van der Waals surface area (Å²) in [7, 11) is 1.61. The number of anilines is 1. The summed E-state index contributed by atoms with van der Waals surface area (Å²) in [5.74, 6) is 1.09. The number of carbonyl (C=O) groups excluding carboxylic acids is 1. The Morgan fingerprint density at radius 2 is 2.04 bits per heavy atom. The number of nitrogens with two attached hydrogens (primary N) is 1. The zero-order valence-electron chi connectivity index (χ0n) is 12.2. The number of hydrogen-bond acceptors (Lipinski definition) is 6. The molecule has 0 fully saturated rings. The molecule has 0 radical (unpaired) electrons. The second-order valence-corrected chi connectivity index (χ2v) is 6.11. The van der Waals surface area contributed by atoms with Gasteiger partial charge in [0.2, 0.25) is 0 Å². The largest absolute Gasteiger partial charge is 0.497 e. The first-order valence-electron chi connectivity index (χ1n) is 6.96. The van der Waals surface area contributed by atoms with Gasteiger partial charge >= 0.3 is 0 Å². The Kier molecular flexibility index (Phi) is 3.09. The molecule has 7 heteroatoms. The summed E-state index contributed by atoms with van der Waals surface area (Å²) in [5.41, 5.74) is 7.77. The van der Waals surface area contributed by atoms with Gasteiger partial charge in [-0.05, 0) is 36.4 Å². The molecule has 116 valence electrons. The van der Waals surface area contributed by atoms with Crippen molar-refractivity contribution in [3.63, 3.8) is 0 Å². The van der Waals surface area contributed by atoms with Gasteiger partial charge in [0.1, 0.15) is 17.1 Å². The Morgan fingerprint density at radius 1 is 1.26 bits per heavy atom. The fourth-order valence-electron chi connectivity index (χ4n) is 2.58. The summed E-state index contributed by atoms with van der Waals surface area (Å²) >= 11 is 1.28. The Labute approximate surface area is 135 Å². The van der Waals surface area contributed by atoms with Gasteiger partial charge in [0.25, 0.3) is 5.91 Å². The van der Waals surface area contributed by atoms with E-state index in [0.717, 1.165) is 16.0 Å². The molecule has 1 aromatic heterocycles. The number of fused-ring (bicyclic) bond motifs is 3. The molecule has 6 nitrogen and oxygen atoms in total. The Hall–Kier alpha value is -2.80. The van der Waals surface area contributed by atoms with E-state index >= 15 is 0 Å². The molecule has 4 rings (SSSR count). The minimum atomic E-state index is -0.538. The van der Waals surface area contributed by atoms with Gasteiger partial charge in [-0.25, -0.2) is 4.98 Å². The molecule has 0 saturated heterocycles. The van der Waals surface area contributed by atoms with E-state index in [1.165, 1.54) is 11.3 Å². The van der Waals surface area contributed by atoms with Gasteiger partial charge in [0.05, 0.1) is 17.3 Å². The predicted molar refractivity (Wildman–Crippen MR) is 87.9 cm³/mol. The summed E-state index contributed by atoms with van der Waals surface area (Å²) in [6.07, 6.45) is -0.538. The lowest BCUT2D eigenvalue weighted by molar-refractivity contribution is 0.0760. The maximum Gasteiger partial charge on any atom is 0.259 e. The van der Waals surface area contributed by atoms with Crippen LogP contribution in [0.5, 0.6) is 11.5 Å². The van der Waals surface area contributed by atoms with Crippen LogP contribution in [0.2, 0.25) is 0 Å². The molecule has 0 bridgehead atoms. The van der Waals surface area contributed by atoms with Crippen molar-refractivity contribution in [2.75, 3.05) is 12.8 Å². The van der Waals surface area contributed by atoms with Gasteiger partial charge in [-0.1, -0.05) is 11.3 Å². The monoisotopic (exact) mass is 327 g/mol. The van der Waals surface area contributed by atoms with Crippen molar-refractivity contribution >= 4 is 32.6 Å². The number of thiazole rings is 1. The molecule has 0 saturated carbocycles.